The number of hydrogen-bond donors (Lipinski definition) is 1. The highest BCUT2D eigenvalue weighted by molar-refractivity contribution is 5.70. The van der Waals surface area contributed by atoms with Crippen molar-refractivity contribution >= 4 is 12.1 Å². The van der Waals surface area contributed by atoms with Crippen molar-refractivity contribution < 1.29 is 24.2 Å². The maximum Gasteiger partial charge on any atom is 0.410 e. The summed E-state index contributed by atoms with van der Waals surface area (Å²) in [6, 6.07) is 0. The number of carboxylic acids is 1. The SMILES string of the molecule is C=CCOC(=O)N1CC(CC(=O)O)OCC12CCC2. The third-order valence-corrected chi connectivity index (χ3v) is 3.78. The van der Waals surface area contributed by atoms with E-state index in [1.807, 2.05) is 0 Å². The molecule has 2 aliphatic rings. The van der Waals surface area contributed by atoms with Gasteiger partial charge in [0.1, 0.15) is 6.61 Å². The highest BCUT2D eigenvalue weighted by Crippen LogP contribution is 2.41. The summed E-state index contributed by atoms with van der Waals surface area (Å²) in [5.74, 6) is -0.922. The number of amides is 1. The minimum atomic E-state index is -0.922. The fourth-order valence-electron chi connectivity index (χ4n) is 2.59. The lowest BCUT2D eigenvalue weighted by atomic mass is 9.75. The third kappa shape index (κ3) is 2.89. The number of carbonyl (C=O) groups is 2. The molecule has 106 valence electrons. The second kappa shape index (κ2) is 5.61. The van der Waals surface area contributed by atoms with Gasteiger partial charge in [0, 0.05) is 0 Å². The Kier molecular flexibility index (Phi) is 4.09. The first-order chi connectivity index (χ1) is 9.07. The van der Waals surface area contributed by atoms with Gasteiger partial charge in [-0.2, -0.15) is 0 Å². The number of aliphatic carboxylic acids is 1. The molecule has 6 nitrogen and oxygen atoms in total. The van der Waals surface area contributed by atoms with Crippen LogP contribution in [0.5, 0.6) is 0 Å². The summed E-state index contributed by atoms with van der Waals surface area (Å²) in [6.45, 7) is 4.34. The summed E-state index contributed by atoms with van der Waals surface area (Å²) < 4.78 is 10.7. The van der Waals surface area contributed by atoms with Crippen LogP contribution in [0, 0.1) is 0 Å². The molecule has 19 heavy (non-hydrogen) atoms. The van der Waals surface area contributed by atoms with Gasteiger partial charge in [0.2, 0.25) is 0 Å². The number of nitrogens with zero attached hydrogens (tertiary/aromatic N) is 1. The van der Waals surface area contributed by atoms with Crippen LogP contribution in [-0.2, 0) is 14.3 Å². The van der Waals surface area contributed by atoms with Crippen LogP contribution in [0.4, 0.5) is 4.79 Å². The lowest BCUT2D eigenvalue weighted by Crippen LogP contribution is -2.65. The Morgan fingerprint density at radius 1 is 1.53 bits per heavy atom. The van der Waals surface area contributed by atoms with E-state index in [4.69, 9.17) is 14.6 Å². The average Bonchev–Trinajstić information content (AvgIpc) is 2.33. The lowest BCUT2D eigenvalue weighted by Gasteiger charge is -2.53. The summed E-state index contributed by atoms with van der Waals surface area (Å²) >= 11 is 0. The van der Waals surface area contributed by atoms with E-state index in [0.29, 0.717) is 6.61 Å². The first-order valence-electron chi connectivity index (χ1n) is 6.46. The quantitative estimate of drug-likeness (QED) is 0.781. The Balaban J connectivity index is 2.02. The second-order valence-corrected chi connectivity index (χ2v) is 5.08. The zero-order chi connectivity index (χ0) is 13.9. The number of carboxylic acid groups (broad SMARTS) is 1. The Morgan fingerprint density at radius 3 is 2.79 bits per heavy atom. The minimum absolute atomic E-state index is 0.0959. The first-order valence-corrected chi connectivity index (χ1v) is 6.46. The molecule has 2 fully saturated rings. The fourth-order valence-corrected chi connectivity index (χ4v) is 2.59. The van der Waals surface area contributed by atoms with Crippen LogP contribution in [0.15, 0.2) is 12.7 Å². The molecule has 1 N–H and O–H groups in total. The Bertz CT molecular complexity index is 377. The second-order valence-electron chi connectivity index (χ2n) is 5.08. The maximum atomic E-state index is 12.0. The molecule has 0 aromatic heterocycles. The standard InChI is InChI=1S/C13H19NO5/c1-2-6-18-12(17)14-8-10(7-11(15)16)19-9-13(14)4-3-5-13/h2,10H,1,3-9H2,(H,15,16). The Labute approximate surface area is 112 Å². The van der Waals surface area contributed by atoms with E-state index in [1.54, 1.807) is 4.90 Å². The van der Waals surface area contributed by atoms with Gasteiger partial charge < -0.3 is 14.6 Å². The predicted octanol–water partition coefficient (Wildman–Crippen LogP) is 1.41. The molecule has 1 atom stereocenters. The van der Waals surface area contributed by atoms with Crippen molar-refractivity contribution in [2.45, 2.75) is 37.3 Å². The molecule has 1 spiro atoms. The van der Waals surface area contributed by atoms with E-state index in [0.717, 1.165) is 19.3 Å². The van der Waals surface area contributed by atoms with Gasteiger partial charge in [-0.1, -0.05) is 12.7 Å². The zero-order valence-electron chi connectivity index (χ0n) is 10.8. The lowest BCUT2D eigenvalue weighted by molar-refractivity contribution is -0.154. The summed E-state index contributed by atoms with van der Waals surface area (Å²) in [5, 5.41) is 8.81. The molecule has 1 aliphatic heterocycles. The first kappa shape index (κ1) is 13.9. The highest BCUT2D eigenvalue weighted by atomic mass is 16.6. The van der Waals surface area contributed by atoms with Gasteiger partial charge in [0.15, 0.2) is 0 Å². The van der Waals surface area contributed by atoms with Gasteiger partial charge in [-0.3, -0.25) is 9.69 Å². The monoisotopic (exact) mass is 269 g/mol. The molecular weight excluding hydrogens is 250 g/mol. The third-order valence-electron chi connectivity index (χ3n) is 3.78. The Morgan fingerprint density at radius 2 is 2.26 bits per heavy atom. The van der Waals surface area contributed by atoms with Crippen LogP contribution in [0.1, 0.15) is 25.7 Å². The van der Waals surface area contributed by atoms with Gasteiger partial charge in [-0.25, -0.2) is 4.79 Å². The van der Waals surface area contributed by atoms with Gasteiger partial charge in [0.05, 0.1) is 31.2 Å². The molecule has 0 aromatic carbocycles. The van der Waals surface area contributed by atoms with E-state index in [1.165, 1.54) is 6.08 Å². The molecule has 0 aromatic rings. The highest BCUT2D eigenvalue weighted by Gasteiger charge is 2.49. The van der Waals surface area contributed by atoms with Crippen LogP contribution < -0.4 is 0 Å². The molecule has 0 radical (unpaired) electrons. The smallest absolute Gasteiger partial charge is 0.410 e. The molecule has 1 unspecified atom stereocenters. The summed E-state index contributed by atoms with van der Waals surface area (Å²) in [4.78, 5) is 24.4. The van der Waals surface area contributed by atoms with E-state index in [9.17, 15) is 9.59 Å². The fraction of sp³-hybridized carbons (Fsp3) is 0.692. The van der Waals surface area contributed by atoms with E-state index >= 15 is 0 Å². The van der Waals surface area contributed by atoms with Crippen molar-refractivity contribution in [1.82, 2.24) is 4.90 Å². The van der Waals surface area contributed by atoms with Crippen molar-refractivity contribution in [3.8, 4) is 0 Å². The molecule has 2 rings (SSSR count). The van der Waals surface area contributed by atoms with Crippen LogP contribution in [0.3, 0.4) is 0 Å². The number of hydrogen-bond acceptors (Lipinski definition) is 4. The van der Waals surface area contributed by atoms with Crippen LogP contribution >= 0.6 is 0 Å². The molecule has 1 saturated carbocycles. The van der Waals surface area contributed by atoms with Crippen molar-refractivity contribution in [3.05, 3.63) is 12.7 Å². The van der Waals surface area contributed by atoms with Crippen molar-refractivity contribution in [3.63, 3.8) is 0 Å². The summed E-state index contributed by atoms with van der Waals surface area (Å²) in [7, 11) is 0. The molecule has 0 bridgehead atoms. The van der Waals surface area contributed by atoms with E-state index in [-0.39, 0.29) is 25.1 Å². The topological polar surface area (TPSA) is 76.1 Å². The van der Waals surface area contributed by atoms with Gasteiger partial charge in [-0.15, -0.1) is 0 Å². The average molecular weight is 269 g/mol. The van der Waals surface area contributed by atoms with E-state index in [2.05, 4.69) is 6.58 Å². The number of carbonyl (C=O) groups excluding carboxylic acids is 1. The van der Waals surface area contributed by atoms with Crippen molar-refractivity contribution in [2.24, 2.45) is 0 Å². The molecule has 1 heterocycles. The molecule has 6 heteroatoms. The Hall–Kier alpha value is -1.56. The van der Waals surface area contributed by atoms with Gasteiger partial charge >= 0.3 is 12.1 Å². The largest absolute Gasteiger partial charge is 0.481 e. The van der Waals surface area contributed by atoms with Gasteiger partial charge in [-0.05, 0) is 19.3 Å². The molecule has 1 saturated heterocycles. The van der Waals surface area contributed by atoms with Crippen LogP contribution in [0.2, 0.25) is 0 Å². The zero-order valence-corrected chi connectivity index (χ0v) is 10.8. The summed E-state index contributed by atoms with van der Waals surface area (Å²) in [5.41, 5.74) is -0.284. The number of ether oxygens (including phenoxy) is 2. The van der Waals surface area contributed by atoms with Crippen LogP contribution in [0.25, 0.3) is 0 Å². The van der Waals surface area contributed by atoms with Crippen molar-refractivity contribution in [1.29, 1.82) is 0 Å². The maximum absolute atomic E-state index is 12.0. The van der Waals surface area contributed by atoms with Crippen LogP contribution in [-0.4, -0.2) is 53.5 Å². The normalized spacial score (nSPS) is 24.6. The molecule has 1 amide bonds. The summed E-state index contributed by atoms with van der Waals surface area (Å²) in [6.07, 6.45) is 3.38. The van der Waals surface area contributed by atoms with Gasteiger partial charge in [0.25, 0.3) is 0 Å². The predicted molar refractivity (Wildman–Crippen MR) is 66.8 cm³/mol. The molecule has 1 aliphatic carbocycles. The molecular formula is C13H19NO5. The van der Waals surface area contributed by atoms with Crippen molar-refractivity contribution in [2.75, 3.05) is 19.8 Å². The number of morpholine rings is 1. The van der Waals surface area contributed by atoms with E-state index < -0.39 is 18.2 Å². The minimum Gasteiger partial charge on any atom is -0.481 e. The number of rotatable bonds is 4.